The van der Waals surface area contributed by atoms with E-state index in [1.165, 1.54) is 0 Å². The summed E-state index contributed by atoms with van der Waals surface area (Å²) < 4.78 is 2.25. The first-order valence-electron chi connectivity index (χ1n) is 13.6. The number of fused-ring (bicyclic) bond motifs is 2. The third-order valence-electron chi connectivity index (χ3n) is 7.54. The van der Waals surface area contributed by atoms with Gasteiger partial charge in [-0.15, -0.1) is 0 Å². The maximum Gasteiger partial charge on any atom is 0.222 e. The number of pyridine rings is 2. The molecular formula is C30H38N6O2. The van der Waals surface area contributed by atoms with Gasteiger partial charge >= 0.3 is 0 Å². The van der Waals surface area contributed by atoms with Crippen molar-refractivity contribution in [2.75, 3.05) is 31.6 Å². The lowest BCUT2D eigenvalue weighted by atomic mass is 9.91. The van der Waals surface area contributed by atoms with Crippen LogP contribution in [-0.4, -0.2) is 67.7 Å². The largest absolute Gasteiger partial charge is 0.386 e. The molecule has 1 saturated heterocycles. The summed E-state index contributed by atoms with van der Waals surface area (Å²) >= 11 is 0. The smallest absolute Gasteiger partial charge is 0.222 e. The van der Waals surface area contributed by atoms with Gasteiger partial charge in [-0.3, -0.25) is 14.8 Å². The van der Waals surface area contributed by atoms with Crippen molar-refractivity contribution < 1.29 is 9.90 Å². The van der Waals surface area contributed by atoms with Crippen molar-refractivity contribution in [3.8, 4) is 0 Å². The first-order chi connectivity index (χ1) is 18.2. The molecule has 1 aliphatic rings. The van der Waals surface area contributed by atoms with Crippen molar-refractivity contribution >= 4 is 33.5 Å². The van der Waals surface area contributed by atoms with Crippen molar-refractivity contribution in [3.05, 3.63) is 60.3 Å². The summed E-state index contributed by atoms with van der Waals surface area (Å²) in [5, 5.41) is 12.6. The van der Waals surface area contributed by atoms with Crippen LogP contribution in [0.3, 0.4) is 0 Å². The summed E-state index contributed by atoms with van der Waals surface area (Å²) in [6, 6.07) is 12.2. The number of hydrogen-bond donors (Lipinski definition) is 1. The molecule has 8 heteroatoms. The number of anilines is 1. The van der Waals surface area contributed by atoms with E-state index >= 15 is 0 Å². The topological polar surface area (TPSA) is 87.4 Å². The van der Waals surface area contributed by atoms with Gasteiger partial charge in [-0.25, -0.2) is 4.98 Å². The summed E-state index contributed by atoms with van der Waals surface area (Å²) in [7, 11) is 1.81. The van der Waals surface area contributed by atoms with E-state index < -0.39 is 5.60 Å². The van der Waals surface area contributed by atoms with Crippen LogP contribution in [0.5, 0.6) is 0 Å². The second-order valence-electron chi connectivity index (χ2n) is 11.0. The van der Waals surface area contributed by atoms with E-state index in [9.17, 15) is 9.90 Å². The highest BCUT2D eigenvalue weighted by atomic mass is 16.3. The highest BCUT2D eigenvalue weighted by Gasteiger charge is 2.36. The number of aromatic nitrogens is 4. The third kappa shape index (κ3) is 5.36. The Morgan fingerprint density at radius 3 is 2.82 bits per heavy atom. The van der Waals surface area contributed by atoms with Crippen molar-refractivity contribution in [2.45, 2.75) is 64.5 Å². The minimum atomic E-state index is -0.972. The Bertz CT molecular complexity index is 1450. The van der Waals surface area contributed by atoms with Crippen LogP contribution in [0, 0.1) is 6.92 Å². The number of para-hydroxylation sites is 2. The molecule has 1 fully saturated rings. The lowest BCUT2D eigenvalue weighted by Crippen LogP contribution is -2.54. The average molecular weight is 515 g/mol. The molecule has 0 saturated carbocycles. The second kappa shape index (κ2) is 10.7. The quantitative estimate of drug-likeness (QED) is 0.367. The summed E-state index contributed by atoms with van der Waals surface area (Å²) in [4.78, 5) is 30.8. The van der Waals surface area contributed by atoms with Crippen LogP contribution in [0.4, 0.5) is 5.69 Å². The Morgan fingerprint density at radius 2 is 2.00 bits per heavy atom. The molecule has 4 aromatic rings. The number of nitrogens with zero attached hydrogens (tertiary/aromatic N) is 6. The van der Waals surface area contributed by atoms with Crippen LogP contribution in [0.1, 0.15) is 57.0 Å². The lowest BCUT2D eigenvalue weighted by molar-refractivity contribution is -0.133. The van der Waals surface area contributed by atoms with Gasteiger partial charge in [-0.2, -0.15) is 0 Å². The van der Waals surface area contributed by atoms with Gasteiger partial charge in [0.15, 0.2) is 0 Å². The fourth-order valence-electron chi connectivity index (χ4n) is 5.77. The zero-order chi connectivity index (χ0) is 26.9. The highest BCUT2D eigenvalue weighted by Crippen LogP contribution is 2.32. The molecule has 1 amide bonds. The molecule has 8 nitrogen and oxygen atoms in total. The van der Waals surface area contributed by atoms with Crippen LogP contribution < -0.4 is 4.90 Å². The number of likely N-dealkylation sites (N-methyl/N-ethyl adjacent to an activating group) is 1. The molecule has 5 rings (SSSR count). The van der Waals surface area contributed by atoms with Crippen molar-refractivity contribution in [3.63, 3.8) is 0 Å². The molecule has 1 aromatic carbocycles. The van der Waals surface area contributed by atoms with Gasteiger partial charge in [-0.1, -0.05) is 26.0 Å². The van der Waals surface area contributed by atoms with Gasteiger partial charge in [0.2, 0.25) is 5.91 Å². The number of piperidine rings is 1. The number of aliphatic hydroxyl groups is 1. The van der Waals surface area contributed by atoms with Crippen molar-refractivity contribution in [2.24, 2.45) is 0 Å². The highest BCUT2D eigenvalue weighted by molar-refractivity contribution is 5.91. The molecule has 0 bridgehead atoms. The second-order valence-corrected chi connectivity index (χ2v) is 11.0. The normalized spacial score (nSPS) is 18.0. The molecule has 1 unspecified atom stereocenters. The number of β-amino-alcohol motifs (C(OH)–C–C–N with tert-alkyl or cyclic N) is 1. The van der Waals surface area contributed by atoms with Crippen molar-refractivity contribution in [1.82, 2.24) is 24.4 Å². The number of amides is 1. The lowest BCUT2D eigenvalue weighted by Gasteiger charge is -2.42. The van der Waals surface area contributed by atoms with E-state index in [0.717, 1.165) is 65.1 Å². The van der Waals surface area contributed by atoms with Crippen molar-refractivity contribution in [1.29, 1.82) is 0 Å². The van der Waals surface area contributed by atoms with E-state index in [2.05, 4.69) is 45.4 Å². The Hall–Kier alpha value is -3.52. The SMILES string of the molecule is Cc1cc(N2CCCC(O)(CN(C)C(=O)CCCn3c(C(C)C)nc4ccccc43)C2)c2cnccc2n1. The molecule has 3 aromatic heterocycles. The molecular weight excluding hydrogens is 476 g/mol. The molecule has 0 spiro atoms. The number of carbonyl (C=O) groups is 1. The number of aryl methyl sites for hydroxylation is 2. The van der Waals surface area contributed by atoms with E-state index in [1.54, 1.807) is 18.1 Å². The van der Waals surface area contributed by atoms with Crippen LogP contribution >= 0.6 is 0 Å². The third-order valence-corrected chi connectivity index (χ3v) is 7.54. The predicted octanol–water partition coefficient (Wildman–Crippen LogP) is 4.68. The number of rotatable bonds is 8. The molecule has 0 radical (unpaired) electrons. The Labute approximate surface area is 224 Å². The van der Waals surface area contributed by atoms with Crippen LogP contribution in [0.15, 0.2) is 48.8 Å². The Kier molecular flexibility index (Phi) is 7.34. The van der Waals surface area contributed by atoms with Crippen LogP contribution in [0.25, 0.3) is 21.9 Å². The van der Waals surface area contributed by atoms with Gasteiger partial charge in [0.1, 0.15) is 5.82 Å². The summed E-state index contributed by atoms with van der Waals surface area (Å²) in [6.07, 6.45) is 6.27. The standard InChI is InChI=1S/C30H38N6O2/c1-21(2)29-33-25-9-5-6-10-26(25)36(29)16-7-11-28(37)34(4)19-30(38)13-8-15-35(20-30)27-17-22(3)32-24-12-14-31-18-23(24)27/h5-6,9-10,12,14,17-18,21,38H,7-8,11,13,15-16,19-20H2,1-4H3. The molecule has 1 atom stereocenters. The van der Waals surface area contributed by atoms with Gasteiger partial charge in [-0.05, 0) is 50.5 Å². The maximum atomic E-state index is 13.1. The maximum absolute atomic E-state index is 13.1. The molecule has 4 heterocycles. The Morgan fingerprint density at radius 1 is 1.18 bits per heavy atom. The minimum Gasteiger partial charge on any atom is -0.386 e. The van der Waals surface area contributed by atoms with Crippen LogP contribution in [0.2, 0.25) is 0 Å². The molecule has 1 aliphatic heterocycles. The first kappa shape index (κ1) is 26.1. The molecule has 0 aliphatic carbocycles. The van der Waals surface area contributed by atoms with Gasteiger partial charge in [0.25, 0.3) is 0 Å². The minimum absolute atomic E-state index is 0.0560. The van der Waals surface area contributed by atoms with E-state index in [-0.39, 0.29) is 5.91 Å². The summed E-state index contributed by atoms with van der Waals surface area (Å²) in [5.74, 6) is 1.42. The number of carbonyl (C=O) groups excluding carboxylic acids is 1. The Balaban J connectivity index is 1.23. The summed E-state index contributed by atoms with van der Waals surface area (Å²) in [5.41, 5.74) is 4.02. The molecule has 38 heavy (non-hydrogen) atoms. The van der Waals surface area contributed by atoms with E-state index in [0.29, 0.717) is 31.8 Å². The van der Waals surface area contributed by atoms with Gasteiger partial charge in [0.05, 0.1) is 28.7 Å². The zero-order valence-corrected chi connectivity index (χ0v) is 22.9. The fourth-order valence-corrected chi connectivity index (χ4v) is 5.77. The van der Waals surface area contributed by atoms with Gasteiger partial charge in [0, 0.05) is 68.2 Å². The monoisotopic (exact) mass is 514 g/mol. The number of benzene rings is 1. The molecule has 200 valence electrons. The van der Waals surface area contributed by atoms with E-state index in [1.807, 2.05) is 37.4 Å². The zero-order valence-electron chi connectivity index (χ0n) is 22.9. The molecule has 1 N–H and O–H groups in total. The first-order valence-corrected chi connectivity index (χ1v) is 13.6. The van der Waals surface area contributed by atoms with Crippen LogP contribution in [-0.2, 0) is 11.3 Å². The number of imidazole rings is 1. The number of hydrogen-bond acceptors (Lipinski definition) is 6. The predicted molar refractivity (Wildman–Crippen MR) is 151 cm³/mol. The average Bonchev–Trinajstić information content (AvgIpc) is 3.27. The fraction of sp³-hybridized carbons (Fsp3) is 0.467. The van der Waals surface area contributed by atoms with E-state index in [4.69, 9.17) is 4.98 Å². The van der Waals surface area contributed by atoms with Gasteiger partial charge < -0.3 is 19.5 Å². The summed E-state index contributed by atoms with van der Waals surface area (Å²) in [6.45, 7) is 8.67.